The third kappa shape index (κ3) is 6.24. The average Bonchev–Trinajstić information content (AvgIpc) is 2.54. The minimum absolute atomic E-state index is 0.0106. The summed E-state index contributed by atoms with van der Waals surface area (Å²) in [7, 11) is 0. The van der Waals surface area contributed by atoms with Gasteiger partial charge in [-0.1, -0.05) is 36.7 Å². The molecule has 23 heavy (non-hydrogen) atoms. The lowest BCUT2D eigenvalue weighted by Crippen LogP contribution is -2.23. The van der Waals surface area contributed by atoms with Crippen LogP contribution in [0.4, 0.5) is 4.39 Å². The molecule has 1 N–H and O–H groups in total. The summed E-state index contributed by atoms with van der Waals surface area (Å²) in [4.78, 5) is 12.9. The Morgan fingerprint density at radius 2 is 1.91 bits per heavy atom. The van der Waals surface area contributed by atoms with E-state index in [-0.39, 0.29) is 17.0 Å². The second-order valence-electron chi connectivity index (χ2n) is 5.29. The summed E-state index contributed by atoms with van der Waals surface area (Å²) < 4.78 is 12.9. The summed E-state index contributed by atoms with van der Waals surface area (Å²) >= 11 is 7.70. The van der Waals surface area contributed by atoms with E-state index in [1.807, 2.05) is 24.3 Å². The van der Waals surface area contributed by atoms with Gasteiger partial charge in [-0.3, -0.25) is 4.79 Å². The highest BCUT2D eigenvalue weighted by Gasteiger charge is 2.09. The molecule has 2 rings (SSSR count). The molecule has 0 aromatic heterocycles. The third-order valence-electron chi connectivity index (χ3n) is 3.36. The second-order valence-corrected chi connectivity index (χ2v) is 7.21. The summed E-state index contributed by atoms with van der Waals surface area (Å²) in [5, 5.41) is 3.83. The van der Waals surface area contributed by atoms with Crippen LogP contribution in [0.2, 0.25) is 5.02 Å². The van der Waals surface area contributed by atoms with Crippen LogP contribution in [-0.2, 0) is 11.3 Å². The molecule has 1 unspecified atom stereocenters. The maximum absolute atomic E-state index is 12.9. The van der Waals surface area contributed by atoms with Gasteiger partial charge in [-0.2, -0.15) is 0 Å². The van der Waals surface area contributed by atoms with Gasteiger partial charge < -0.3 is 5.32 Å². The number of hydrogen-bond acceptors (Lipinski definition) is 2. The normalized spacial score (nSPS) is 12.0. The van der Waals surface area contributed by atoms with Gasteiger partial charge in [0, 0.05) is 28.1 Å². The lowest BCUT2D eigenvalue weighted by atomic mass is 10.2. The van der Waals surface area contributed by atoms with Crippen LogP contribution in [-0.4, -0.2) is 11.2 Å². The van der Waals surface area contributed by atoms with Crippen LogP contribution in [0.1, 0.15) is 25.3 Å². The minimum Gasteiger partial charge on any atom is -0.352 e. The zero-order chi connectivity index (χ0) is 16.7. The fraction of sp³-hybridized carbons (Fsp3) is 0.278. The summed E-state index contributed by atoms with van der Waals surface area (Å²) in [6, 6.07) is 13.9. The van der Waals surface area contributed by atoms with Gasteiger partial charge in [0.25, 0.3) is 0 Å². The van der Waals surface area contributed by atoms with Gasteiger partial charge in [-0.25, -0.2) is 4.39 Å². The number of thioether (sulfide) groups is 1. The highest BCUT2D eigenvalue weighted by molar-refractivity contribution is 7.99. The van der Waals surface area contributed by atoms with Crippen molar-refractivity contribution in [3.8, 4) is 0 Å². The molecule has 0 radical (unpaired) electrons. The summed E-state index contributed by atoms with van der Waals surface area (Å²) in [6.45, 7) is 2.51. The number of benzene rings is 2. The maximum Gasteiger partial charge on any atom is 0.220 e. The molecule has 0 fully saturated rings. The van der Waals surface area contributed by atoms with Crippen LogP contribution in [0.15, 0.2) is 53.4 Å². The third-order valence-corrected chi connectivity index (χ3v) is 4.91. The summed E-state index contributed by atoms with van der Waals surface area (Å²) in [6.07, 6.45) is 1.22. The summed E-state index contributed by atoms with van der Waals surface area (Å²) in [5.74, 6) is -0.225. The van der Waals surface area contributed by atoms with Crippen molar-refractivity contribution in [3.63, 3.8) is 0 Å². The van der Waals surface area contributed by atoms with Crippen molar-refractivity contribution < 1.29 is 9.18 Å². The van der Waals surface area contributed by atoms with Crippen molar-refractivity contribution in [1.29, 1.82) is 0 Å². The fourth-order valence-electron chi connectivity index (χ4n) is 2.06. The Balaban J connectivity index is 1.71. The largest absolute Gasteiger partial charge is 0.352 e. The van der Waals surface area contributed by atoms with Crippen LogP contribution in [0.25, 0.3) is 0 Å². The smallest absolute Gasteiger partial charge is 0.220 e. The molecule has 2 nitrogen and oxygen atoms in total. The Labute approximate surface area is 145 Å². The zero-order valence-corrected chi connectivity index (χ0v) is 14.5. The molecule has 0 aliphatic heterocycles. The summed E-state index contributed by atoms with van der Waals surface area (Å²) in [5.41, 5.74) is 0.913. The number of carbonyl (C=O) groups excluding carboxylic acids is 1. The molecular formula is C18H19ClFNOS. The van der Waals surface area contributed by atoms with E-state index in [0.29, 0.717) is 18.0 Å². The van der Waals surface area contributed by atoms with Gasteiger partial charge in [-0.15, -0.1) is 11.8 Å². The molecule has 0 aliphatic carbocycles. The first kappa shape index (κ1) is 17.8. The van der Waals surface area contributed by atoms with E-state index in [2.05, 4.69) is 12.2 Å². The van der Waals surface area contributed by atoms with Gasteiger partial charge in [-0.05, 0) is 42.3 Å². The predicted octanol–water partition coefficient (Wildman–Crippen LogP) is 5.06. The van der Waals surface area contributed by atoms with E-state index >= 15 is 0 Å². The van der Waals surface area contributed by atoms with Crippen molar-refractivity contribution in [2.75, 3.05) is 0 Å². The van der Waals surface area contributed by atoms with Crippen molar-refractivity contribution in [2.24, 2.45) is 0 Å². The molecule has 122 valence electrons. The molecule has 0 aliphatic rings. The van der Waals surface area contributed by atoms with Gasteiger partial charge in [0.15, 0.2) is 0 Å². The van der Waals surface area contributed by atoms with E-state index in [4.69, 9.17) is 11.6 Å². The Morgan fingerprint density at radius 1 is 1.22 bits per heavy atom. The molecule has 0 saturated carbocycles. The maximum atomic E-state index is 12.9. The molecule has 1 atom stereocenters. The van der Waals surface area contributed by atoms with Crippen molar-refractivity contribution in [2.45, 2.75) is 36.5 Å². The van der Waals surface area contributed by atoms with Crippen LogP contribution in [0.5, 0.6) is 0 Å². The van der Waals surface area contributed by atoms with E-state index in [9.17, 15) is 9.18 Å². The minimum atomic E-state index is -0.235. The predicted molar refractivity (Wildman–Crippen MR) is 94.3 cm³/mol. The van der Waals surface area contributed by atoms with Crippen LogP contribution < -0.4 is 5.32 Å². The lowest BCUT2D eigenvalue weighted by molar-refractivity contribution is -0.121. The monoisotopic (exact) mass is 351 g/mol. The first-order valence-electron chi connectivity index (χ1n) is 7.47. The molecule has 1 amide bonds. The van der Waals surface area contributed by atoms with Gasteiger partial charge in [0.05, 0.1) is 0 Å². The van der Waals surface area contributed by atoms with Crippen LogP contribution in [0, 0.1) is 5.82 Å². The van der Waals surface area contributed by atoms with Gasteiger partial charge in [0.2, 0.25) is 5.91 Å². The number of nitrogens with one attached hydrogen (secondary N) is 1. The first-order chi connectivity index (χ1) is 11.0. The first-order valence-corrected chi connectivity index (χ1v) is 8.72. The molecule has 2 aromatic rings. The molecular weight excluding hydrogens is 333 g/mol. The molecule has 0 bridgehead atoms. The Hall–Kier alpha value is -1.52. The van der Waals surface area contributed by atoms with Crippen molar-refractivity contribution >= 4 is 29.3 Å². The number of rotatable bonds is 7. The average molecular weight is 352 g/mol. The number of amides is 1. The van der Waals surface area contributed by atoms with Crippen molar-refractivity contribution in [1.82, 2.24) is 5.32 Å². The van der Waals surface area contributed by atoms with E-state index < -0.39 is 0 Å². The van der Waals surface area contributed by atoms with Crippen molar-refractivity contribution in [3.05, 3.63) is 64.9 Å². The SMILES string of the molecule is CC(CCC(=O)NCc1ccccc1Cl)Sc1ccc(F)cc1. The molecule has 0 spiro atoms. The van der Waals surface area contributed by atoms with Crippen LogP contribution in [0.3, 0.4) is 0 Å². The quantitative estimate of drug-likeness (QED) is 0.707. The van der Waals surface area contributed by atoms with Gasteiger partial charge in [0.1, 0.15) is 5.82 Å². The Bertz CT molecular complexity index is 648. The molecule has 0 saturated heterocycles. The zero-order valence-electron chi connectivity index (χ0n) is 12.9. The van der Waals surface area contributed by atoms with E-state index in [0.717, 1.165) is 16.9 Å². The number of halogens is 2. The topological polar surface area (TPSA) is 29.1 Å². The van der Waals surface area contributed by atoms with E-state index in [1.165, 1.54) is 12.1 Å². The molecule has 0 heterocycles. The van der Waals surface area contributed by atoms with Gasteiger partial charge >= 0.3 is 0 Å². The second kappa shape index (κ2) is 8.94. The van der Waals surface area contributed by atoms with E-state index in [1.54, 1.807) is 23.9 Å². The number of hydrogen-bond donors (Lipinski definition) is 1. The highest BCUT2D eigenvalue weighted by atomic mass is 35.5. The fourth-order valence-corrected chi connectivity index (χ4v) is 3.26. The number of carbonyl (C=O) groups is 1. The highest BCUT2D eigenvalue weighted by Crippen LogP contribution is 2.26. The Kier molecular flexibility index (Phi) is 6.93. The van der Waals surface area contributed by atoms with Crippen LogP contribution >= 0.6 is 23.4 Å². The lowest BCUT2D eigenvalue weighted by Gasteiger charge is -2.11. The molecule has 2 aromatic carbocycles. The molecule has 5 heteroatoms. The standard InChI is InChI=1S/C18H19ClFNOS/c1-13(23-16-9-7-15(20)8-10-16)6-11-18(22)21-12-14-4-2-3-5-17(14)19/h2-5,7-10,13H,6,11-12H2,1H3,(H,21,22). The Morgan fingerprint density at radius 3 is 2.61 bits per heavy atom.